The first-order valence-corrected chi connectivity index (χ1v) is 9.60. The fraction of sp³-hybridized carbons (Fsp3) is 0.318. The Morgan fingerprint density at radius 3 is 2.64 bits per heavy atom. The van der Waals surface area contributed by atoms with Crippen LogP contribution in [-0.2, 0) is 11.3 Å². The van der Waals surface area contributed by atoms with Crippen LogP contribution in [0.4, 0.5) is 10.2 Å². The van der Waals surface area contributed by atoms with Crippen molar-refractivity contribution in [1.29, 1.82) is 0 Å². The Morgan fingerprint density at radius 2 is 1.86 bits per heavy atom. The van der Waals surface area contributed by atoms with Crippen LogP contribution in [0, 0.1) is 5.82 Å². The van der Waals surface area contributed by atoms with Crippen molar-refractivity contribution < 1.29 is 9.18 Å². The van der Waals surface area contributed by atoms with E-state index in [0.717, 1.165) is 47.1 Å². The number of unbranched alkanes of at least 4 members (excludes halogenated alkanes) is 2. The smallest absolute Gasteiger partial charge is 0.220 e. The molecule has 0 saturated carbocycles. The Hall–Kier alpha value is -3.02. The zero-order valence-corrected chi connectivity index (χ0v) is 16.3. The molecule has 1 amide bonds. The summed E-state index contributed by atoms with van der Waals surface area (Å²) in [5.41, 5.74) is 3.13. The van der Waals surface area contributed by atoms with E-state index in [1.54, 1.807) is 12.1 Å². The highest BCUT2D eigenvalue weighted by atomic mass is 19.1. The third-order valence-electron chi connectivity index (χ3n) is 4.73. The molecule has 6 heteroatoms. The van der Waals surface area contributed by atoms with Crippen LogP contribution in [0.15, 0.2) is 42.7 Å². The fourth-order valence-electron chi connectivity index (χ4n) is 3.14. The van der Waals surface area contributed by atoms with E-state index in [4.69, 9.17) is 0 Å². The van der Waals surface area contributed by atoms with Gasteiger partial charge in [0.25, 0.3) is 0 Å². The molecular weight excluding hydrogens is 355 g/mol. The van der Waals surface area contributed by atoms with Gasteiger partial charge in [0.1, 0.15) is 18.0 Å². The minimum atomic E-state index is -0.322. The summed E-state index contributed by atoms with van der Waals surface area (Å²) in [4.78, 5) is 20.4. The van der Waals surface area contributed by atoms with Gasteiger partial charge in [0.2, 0.25) is 5.91 Å². The van der Waals surface area contributed by atoms with Gasteiger partial charge in [-0.1, -0.05) is 31.9 Å². The van der Waals surface area contributed by atoms with Gasteiger partial charge in [-0.25, -0.2) is 14.4 Å². The standard InChI is InChI=1S/C22H25FN4O/c1-3-4-5-6-21(28)25-13-17-11-15(7-9-19(17)23)16-8-10-20-18(12-16)22(24-2)27-14-26-20/h7-12,14H,3-6,13H2,1-2H3,(H,25,28)(H,24,26,27). The van der Waals surface area contributed by atoms with Crippen LogP contribution in [-0.4, -0.2) is 22.9 Å². The van der Waals surface area contributed by atoms with Gasteiger partial charge >= 0.3 is 0 Å². The maximum atomic E-state index is 14.2. The second-order valence-corrected chi connectivity index (χ2v) is 6.74. The number of halogens is 1. The van der Waals surface area contributed by atoms with Gasteiger partial charge in [-0.05, 0) is 41.8 Å². The van der Waals surface area contributed by atoms with Crippen molar-refractivity contribution in [3.63, 3.8) is 0 Å². The van der Waals surface area contributed by atoms with E-state index in [0.29, 0.717) is 12.0 Å². The van der Waals surface area contributed by atoms with Gasteiger partial charge in [-0.3, -0.25) is 4.79 Å². The number of benzene rings is 2. The molecule has 2 N–H and O–H groups in total. The molecule has 146 valence electrons. The maximum absolute atomic E-state index is 14.2. The molecule has 0 atom stereocenters. The highest BCUT2D eigenvalue weighted by Crippen LogP contribution is 2.28. The lowest BCUT2D eigenvalue weighted by atomic mass is 10.0. The van der Waals surface area contributed by atoms with E-state index in [2.05, 4.69) is 27.5 Å². The molecule has 0 aliphatic carbocycles. The number of carbonyl (C=O) groups excluding carboxylic acids is 1. The Kier molecular flexibility index (Phi) is 6.53. The summed E-state index contributed by atoms with van der Waals surface area (Å²) in [6, 6.07) is 10.8. The second kappa shape index (κ2) is 9.26. The fourth-order valence-corrected chi connectivity index (χ4v) is 3.14. The van der Waals surface area contributed by atoms with Gasteiger partial charge in [0.05, 0.1) is 5.52 Å². The number of aromatic nitrogens is 2. The minimum Gasteiger partial charge on any atom is -0.373 e. The number of carbonyl (C=O) groups is 1. The molecule has 3 rings (SSSR count). The highest BCUT2D eigenvalue weighted by molar-refractivity contribution is 5.92. The van der Waals surface area contributed by atoms with Crippen molar-refractivity contribution in [2.24, 2.45) is 0 Å². The van der Waals surface area contributed by atoms with Gasteiger partial charge in [-0.15, -0.1) is 0 Å². The molecule has 5 nitrogen and oxygen atoms in total. The lowest BCUT2D eigenvalue weighted by Gasteiger charge is -2.10. The predicted molar refractivity (Wildman–Crippen MR) is 110 cm³/mol. The number of rotatable bonds is 8. The van der Waals surface area contributed by atoms with E-state index in [9.17, 15) is 9.18 Å². The van der Waals surface area contributed by atoms with Crippen molar-refractivity contribution >= 4 is 22.6 Å². The van der Waals surface area contributed by atoms with Crippen molar-refractivity contribution in [1.82, 2.24) is 15.3 Å². The van der Waals surface area contributed by atoms with Crippen LogP contribution in [0.1, 0.15) is 38.2 Å². The van der Waals surface area contributed by atoms with E-state index in [1.165, 1.54) is 12.4 Å². The minimum absolute atomic E-state index is 0.0419. The summed E-state index contributed by atoms with van der Waals surface area (Å²) in [5, 5.41) is 6.78. The van der Waals surface area contributed by atoms with Crippen LogP contribution in [0.25, 0.3) is 22.0 Å². The second-order valence-electron chi connectivity index (χ2n) is 6.74. The SMILES string of the molecule is CCCCCC(=O)NCc1cc(-c2ccc3ncnc(NC)c3c2)ccc1F. The van der Waals surface area contributed by atoms with Crippen molar-refractivity contribution in [2.45, 2.75) is 39.2 Å². The normalized spacial score (nSPS) is 10.8. The van der Waals surface area contributed by atoms with Crippen LogP contribution >= 0.6 is 0 Å². The lowest BCUT2D eigenvalue weighted by molar-refractivity contribution is -0.121. The van der Waals surface area contributed by atoms with Crippen molar-refractivity contribution in [3.8, 4) is 11.1 Å². The van der Waals surface area contributed by atoms with Gasteiger partial charge in [0.15, 0.2) is 0 Å². The summed E-state index contributed by atoms with van der Waals surface area (Å²) < 4.78 is 14.2. The van der Waals surface area contributed by atoms with Crippen molar-refractivity contribution in [2.75, 3.05) is 12.4 Å². The molecule has 0 unspecified atom stereocenters. The Morgan fingerprint density at radius 1 is 1.07 bits per heavy atom. The number of nitrogens with one attached hydrogen (secondary N) is 2. The molecule has 2 aromatic carbocycles. The van der Waals surface area contributed by atoms with Gasteiger partial charge in [-0.2, -0.15) is 0 Å². The molecule has 28 heavy (non-hydrogen) atoms. The van der Waals surface area contributed by atoms with E-state index in [-0.39, 0.29) is 18.3 Å². The number of anilines is 1. The molecule has 0 aliphatic rings. The predicted octanol–water partition coefficient (Wildman–Crippen LogP) is 4.67. The highest BCUT2D eigenvalue weighted by Gasteiger charge is 2.09. The summed E-state index contributed by atoms with van der Waals surface area (Å²) in [6.45, 7) is 2.28. The molecule has 1 heterocycles. The van der Waals surface area contributed by atoms with Crippen LogP contribution < -0.4 is 10.6 Å². The third kappa shape index (κ3) is 4.63. The van der Waals surface area contributed by atoms with E-state index >= 15 is 0 Å². The van der Waals surface area contributed by atoms with Gasteiger partial charge < -0.3 is 10.6 Å². The third-order valence-corrected chi connectivity index (χ3v) is 4.73. The first-order valence-electron chi connectivity index (χ1n) is 9.60. The largest absolute Gasteiger partial charge is 0.373 e. The number of nitrogens with zero attached hydrogens (tertiary/aromatic N) is 2. The summed E-state index contributed by atoms with van der Waals surface area (Å²) in [5.74, 6) is 0.381. The zero-order valence-electron chi connectivity index (χ0n) is 16.3. The van der Waals surface area contributed by atoms with E-state index < -0.39 is 0 Å². The number of fused-ring (bicyclic) bond motifs is 1. The van der Waals surface area contributed by atoms with E-state index in [1.807, 2.05) is 25.2 Å². The molecule has 0 saturated heterocycles. The van der Waals surface area contributed by atoms with Crippen LogP contribution in [0.5, 0.6) is 0 Å². The zero-order chi connectivity index (χ0) is 19.9. The topological polar surface area (TPSA) is 66.9 Å². The number of hydrogen-bond acceptors (Lipinski definition) is 4. The first kappa shape index (κ1) is 19.7. The van der Waals surface area contributed by atoms with Gasteiger partial charge in [0, 0.05) is 31.0 Å². The average Bonchev–Trinajstić information content (AvgIpc) is 2.72. The van der Waals surface area contributed by atoms with Crippen LogP contribution in [0.2, 0.25) is 0 Å². The Bertz CT molecular complexity index is 974. The Labute approximate surface area is 164 Å². The first-order chi connectivity index (χ1) is 13.6. The molecule has 0 spiro atoms. The summed E-state index contributed by atoms with van der Waals surface area (Å²) in [7, 11) is 1.81. The summed E-state index contributed by atoms with van der Waals surface area (Å²) in [6.07, 6.45) is 4.95. The Balaban J connectivity index is 1.81. The van der Waals surface area contributed by atoms with Crippen molar-refractivity contribution in [3.05, 3.63) is 54.1 Å². The quantitative estimate of drug-likeness (QED) is 0.557. The van der Waals surface area contributed by atoms with Crippen LogP contribution in [0.3, 0.4) is 0 Å². The molecule has 1 aromatic heterocycles. The average molecular weight is 380 g/mol. The molecule has 0 radical (unpaired) electrons. The molecule has 3 aromatic rings. The molecule has 0 fully saturated rings. The summed E-state index contributed by atoms with van der Waals surface area (Å²) >= 11 is 0. The number of hydrogen-bond donors (Lipinski definition) is 2. The molecule has 0 bridgehead atoms. The lowest BCUT2D eigenvalue weighted by Crippen LogP contribution is -2.22. The monoisotopic (exact) mass is 380 g/mol. The molecule has 0 aliphatic heterocycles. The molecular formula is C22H25FN4O. The number of amides is 1. The maximum Gasteiger partial charge on any atom is 0.220 e.